The van der Waals surface area contributed by atoms with E-state index in [1.165, 1.54) is 0 Å². The highest BCUT2D eigenvalue weighted by molar-refractivity contribution is 5.99. The van der Waals surface area contributed by atoms with Crippen molar-refractivity contribution in [3.63, 3.8) is 0 Å². The fourth-order valence-corrected chi connectivity index (χ4v) is 3.21. The maximum atomic E-state index is 12.5. The Bertz CT molecular complexity index is 864. The first kappa shape index (κ1) is 21.6. The highest BCUT2D eigenvalue weighted by Gasteiger charge is 2.28. The van der Waals surface area contributed by atoms with Gasteiger partial charge in [0.1, 0.15) is 11.6 Å². The Morgan fingerprint density at radius 1 is 1.27 bits per heavy atom. The molecule has 1 fully saturated rings. The van der Waals surface area contributed by atoms with E-state index in [0.29, 0.717) is 24.5 Å². The second kappa shape index (κ2) is 10.1. The molecule has 3 rings (SSSR count). The molecule has 1 saturated heterocycles. The molecule has 2 aromatic rings. The van der Waals surface area contributed by atoms with Gasteiger partial charge in [-0.25, -0.2) is 9.48 Å². The lowest BCUT2D eigenvalue weighted by atomic mass is 10.1. The first-order valence-corrected chi connectivity index (χ1v) is 10.4. The van der Waals surface area contributed by atoms with Crippen molar-refractivity contribution in [1.82, 2.24) is 20.4 Å². The van der Waals surface area contributed by atoms with E-state index in [1.54, 1.807) is 22.9 Å². The van der Waals surface area contributed by atoms with Gasteiger partial charge in [-0.15, -0.1) is 0 Å². The Morgan fingerprint density at radius 2 is 2.03 bits per heavy atom. The Hall–Kier alpha value is -3.07. The number of aromatic nitrogens is 2. The van der Waals surface area contributed by atoms with Crippen molar-refractivity contribution in [2.24, 2.45) is 0 Å². The molecule has 0 saturated carbocycles. The molecule has 1 aliphatic rings. The Labute approximate surface area is 176 Å². The number of carbonyl (C=O) groups excluding carboxylic acids is 2. The number of hydrogen-bond donors (Lipinski definition) is 4. The van der Waals surface area contributed by atoms with Crippen LogP contribution < -0.4 is 26.0 Å². The van der Waals surface area contributed by atoms with Crippen molar-refractivity contribution in [2.45, 2.75) is 58.8 Å². The molecule has 0 bridgehead atoms. The summed E-state index contributed by atoms with van der Waals surface area (Å²) in [4.78, 5) is 24.5. The minimum Gasteiger partial charge on any atom is -0.494 e. The highest BCUT2D eigenvalue weighted by atomic mass is 16.5. The summed E-state index contributed by atoms with van der Waals surface area (Å²) in [5, 5.41) is 16.2. The zero-order valence-corrected chi connectivity index (χ0v) is 17.7. The zero-order chi connectivity index (χ0) is 21.5. The first-order valence-electron chi connectivity index (χ1n) is 10.4. The van der Waals surface area contributed by atoms with Crippen molar-refractivity contribution in [3.8, 4) is 5.75 Å². The number of rotatable bonds is 8. The lowest BCUT2D eigenvalue weighted by molar-refractivity contribution is -0.125. The average Bonchev–Trinajstić information content (AvgIpc) is 3.09. The van der Waals surface area contributed by atoms with E-state index in [0.717, 1.165) is 30.7 Å². The Kier molecular flexibility index (Phi) is 7.29. The summed E-state index contributed by atoms with van der Waals surface area (Å²) in [6.45, 7) is 6.65. The minimum absolute atomic E-state index is 0.0459. The van der Waals surface area contributed by atoms with Crippen LogP contribution in [0.2, 0.25) is 0 Å². The summed E-state index contributed by atoms with van der Waals surface area (Å²) in [6.07, 6.45) is 2.82. The van der Waals surface area contributed by atoms with Gasteiger partial charge in [0, 0.05) is 24.2 Å². The molecule has 0 radical (unpaired) electrons. The van der Waals surface area contributed by atoms with Gasteiger partial charge in [0.05, 0.1) is 12.3 Å². The molecular formula is C21H30N6O3. The predicted molar refractivity (Wildman–Crippen MR) is 115 cm³/mol. The fraction of sp³-hybridized carbons (Fsp3) is 0.476. The molecular weight excluding hydrogens is 384 g/mol. The van der Waals surface area contributed by atoms with Crippen LogP contribution in [0.1, 0.15) is 51.5 Å². The van der Waals surface area contributed by atoms with E-state index >= 15 is 0 Å². The number of anilines is 2. The average molecular weight is 415 g/mol. The lowest BCUT2D eigenvalue weighted by Gasteiger charge is -2.31. The smallest absolute Gasteiger partial charge is 0.324 e. The molecule has 0 aliphatic carbocycles. The third-order valence-corrected chi connectivity index (χ3v) is 4.84. The molecule has 162 valence electrons. The SMILES string of the molecule is CCCCOc1ccc(NC(=O)Nc2cc(C)nn2C2NC(=O)CC(CC)N2)cc1. The predicted octanol–water partition coefficient (Wildman–Crippen LogP) is 3.36. The molecule has 30 heavy (non-hydrogen) atoms. The van der Waals surface area contributed by atoms with Gasteiger partial charge in [-0.1, -0.05) is 20.3 Å². The van der Waals surface area contributed by atoms with Crippen LogP contribution in [0.15, 0.2) is 30.3 Å². The number of aryl methyl sites for hydroxylation is 1. The Morgan fingerprint density at radius 3 is 2.73 bits per heavy atom. The van der Waals surface area contributed by atoms with Gasteiger partial charge in [0.15, 0.2) is 6.29 Å². The highest BCUT2D eigenvalue weighted by Crippen LogP contribution is 2.19. The van der Waals surface area contributed by atoms with Crippen molar-refractivity contribution in [1.29, 1.82) is 0 Å². The number of amides is 3. The van der Waals surface area contributed by atoms with Crippen LogP contribution in [0, 0.1) is 6.92 Å². The third-order valence-electron chi connectivity index (χ3n) is 4.84. The molecule has 2 atom stereocenters. The van der Waals surface area contributed by atoms with Crippen LogP contribution >= 0.6 is 0 Å². The molecule has 3 amide bonds. The molecule has 1 aliphatic heterocycles. The monoisotopic (exact) mass is 414 g/mol. The van der Waals surface area contributed by atoms with Gasteiger partial charge in [-0.05, 0) is 44.0 Å². The molecule has 1 aromatic carbocycles. The Balaban J connectivity index is 1.62. The number of unbranched alkanes of at least 4 members (excludes halogenated alkanes) is 1. The summed E-state index contributed by atoms with van der Waals surface area (Å²) < 4.78 is 7.22. The maximum absolute atomic E-state index is 12.5. The zero-order valence-electron chi connectivity index (χ0n) is 17.7. The summed E-state index contributed by atoms with van der Waals surface area (Å²) in [6, 6.07) is 8.65. The molecule has 9 heteroatoms. The number of carbonyl (C=O) groups is 2. The largest absolute Gasteiger partial charge is 0.494 e. The van der Waals surface area contributed by atoms with Gasteiger partial charge < -0.3 is 15.4 Å². The number of benzene rings is 1. The van der Waals surface area contributed by atoms with E-state index in [4.69, 9.17) is 4.74 Å². The molecule has 0 spiro atoms. The summed E-state index contributed by atoms with van der Waals surface area (Å²) in [5.41, 5.74) is 1.38. The van der Waals surface area contributed by atoms with E-state index in [1.807, 2.05) is 26.0 Å². The van der Waals surface area contributed by atoms with Gasteiger partial charge >= 0.3 is 6.03 Å². The fourth-order valence-electron chi connectivity index (χ4n) is 3.21. The van der Waals surface area contributed by atoms with Crippen LogP contribution in [0.3, 0.4) is 0 Å². The second-order valence-electron chi connectivity index (χ2n) is 7.37. The first-order chi connectivity index (χ1) is 14.5. The van der Waals surface area contributed by atoms with Crippen LogP contribution in [0.5, 0.6) is 5.75 Å². The van der Waals surface area contributed by atoms with Crippen LogP contribution in [0.25, 0.3) is 0 Å². The summed E-state index contributed by atoms with van der Waals surface area (Å²) in [5.74, 6) is 1.21. The molecule has 1 aromatic heterocycles. The van der Waals surface area contributed by atoms with Crippen LogP contribution in [-0.4, -0.2) is 34.4 Å². The number of ether oxygens (including phenoxy) is 1. The van der Waals surface area contributed by atoms with E-state index in [9.17, 15) is 9.59 Å². The van der Waals surface area contributed by atoms with Crippen LogP contribution in [-0.2, 0) is 4.79 Å². The van der Waals surface area contributed by atoms with Crippen molar-refractivity contribution >= 4 is 23.4 Å². The molecule has 9 nitrogen and oxygen atoms in total. The molecule has 2 unspecified atom stereocenters. The normalized spacial score (nSPS) is 18.6. The minimum atomic E-state index is -0.514. The maximum Gasteiger partial charge on any atom is 0.324 e. The topological polar surface area (TPSA) is 109 Å². The van der Waals surface area contributed by atoms with Crippen molar-refractivity contribution in [3.05, 3.63) is 36.0 Å². The van der Waals surface area contributed by atoms with E-state index in [-0.39, 0.29) is 11.9 Å². The quantitative estimate of drug-likeness (QED) is 0.495. The second-order valence-corrected chi connectivity index (χ2v) is 7.37. The molecule has 2 heterocycles. The van der Waals surface area contributed by atoms with Crippen molar-refractivity contribution in [2.75, 3.05) is 17.2 Å². The summed E-state index contributed by atoms with van der Waals surface area (Å²) >= 11 is 0. The number of hydrogen-bond acceptors (Lipinski definition) is 5. The lowest BCUT2D eigenvalue weighted by Crippen LogP contribution is -2.53. The van der Waals surface area contributed by atoms with Gasteiger partial charge in [0.25, 0.3) is 0 Å². The van der Waals surface area contributed by atoms with Crippen LogP contribution in [0.4, 0.5) is 16.3 Å². The van der Waals surface area contributed by atoms with Gasteiger partial charge in [-0.3, -0.25) is 15.4 Å². The number of urea groups is 1. The van der Waals surface area contributed by atoms with Crippen molar-refractivity contribution < 1.29 is 14.3 Å². The number of nitrogens with zero attached hydrogens (tertiary/aromatic N) is 2. The number of nitrogens with one attached hydrogen (secondary N) is 4. The third kappa shape index (κ3) is 5.73. The standard InChI is InChI=1S/C21H30N6O3/c1-4-6-11-30-17-9-7-16(8-10-17)23-21(29)24-18-12-14(3)26-27(18)20-22-15(5-2)13-19(28)25-20/h7-10,12,15,20,22H,4-6,11,13H2,1-3H3,(H,25,28)(H2,23,24,29). The summed E-state index contributed by atoms with van der Waals surface area (Å²) in [7, 11) is 0. The van der Waals surface area contributed by atoms with E-state index < -0.39 is 12.3 Å². The van der Waals surface area contributed by atoms with Gasteiger partial charge in [0.2, 0.25) is 5.91 Å². The van der Waals surface area contributed by atoms with E-state index in [2.05, 4.69) is 33.3 Å². The van der Waals surface area contributed by atoms with Gasteiger partial charge in [-0.2, -0.15) is 5.10 Å². The molecule has 4 N–H and O–H groups in total.